The maximum atomic E-state index is 12.7. The van der Waals surface area contributed by atoms with Gasteiger partial charge in [-0.05, 0) is 41.5 Å². The van der Waals surface area contributed by atoms with E-state index < -0.39 is 5.97 Å². The van der Waals surface area contributed by atoms with Gasteiger partial charge >= 0.3 is 12.0 Å². The van der Waals surface area contributed by atoms with Crippen LogP contribution >= 0.6 is 0 Å². The number of fused-ring (bicyclic) bond motifs is 2. The molecule has 2 aliphatic heterocycles. The first-order chi connectivity index (χ1) is 15.6. The molecule has 2 heterocycles. The summed E-state index contributed by atoms with van der Waals surface area (Å²) in [7, 11) is 0. The Balaban J connectivity index is 1.31. The molecule has 0 radical (unpaired) electrons. The van der Waals surface area contributed by atoms with E-state index >= 15 is 0 Å². The molecule has 0 spiro atoms. The predicted molar refractivity (Wildman–Crippen MR) is 118 cm³/mol. The van der Waals surface area contributed by atoms with Gasteiger partial charge in [-0.2, -0.15) is 0 Å². The van der Waals surface area contributed by atoms with Gasteiger partial charge in [0.2, 0.25) is 6.79 Å². The summed E-state index contributed by atoms with van der Waals surface area (Å²) in [5, 5.41) is 2.86. The number of hydrogen-bond donors (Lipinski definition) is 1. The zero-order valence-electron chi connectivity index (χ0n) is 17.2. The van der Waals surface area contributed by atoms with E-state index in [1.165, 1.54) is 0 Å². The maximum absolute atomic E-state index is 12.7. The minimum absolute atomic E-state index is 0.102. The molecule has 1 N–H and O–H groups in total. The lowest BCUT2D eigenvalue weighted by atomic mass is 10.0. The van der Waals surface area contributed by atoms with Crippen molar-refractivity contribution >= 4 is 23.4 Å². The number of urea groups is 1. The fourth-order valence-corrected chi connectivity index (χ4v) is 3.67. The van der Waals surface area contributed by atoms with Crippen molar-refractivity contribution in [1.29, 1.82) is 0 Å². The van der Waals surface area contributed by atoms with Crippen molar-refractivity contribution in [2.75, 3.05) is 12.1 Å². The summed E-state index contributed by atoms with van der Waals surface area (Å²) in [6.45, 7) is 4.77. The van der Waals surface area contributed by atoms with Gasteiger partial charge < -0.3 is 19.5 Å². The van der Waals surface area contributed by atoms with Crippen molar-refractivity contribution < 1.29 is 23.8 Å². The second kappa shape index (κ2) is 8.11. The monoisotopic (exact) mass is 428 g/mol. The molecule has 0 fully saturated rings. The Hall–Kier alpha value is -4.26. The average molecular weight is 428 g/mol. The highest BCUT2D eigenvalue weighted by Gasteiger charge is 2.27. The van der Waals surface area contributed by atoms with E-state index in [1.807, 2.05) is 36.4 Å². The van der Waals surface area contributed by atoms with E-state index in [2.05, 4.69) is 11.9 Å². The van der Waals surface area contributed by atoms with Gasteiger partial charge in [-0.25, -0.2) is 9.59 Å². The number of hydrogen-bond acceptors (Lipinski definition) is 5. The van der Waals surface area contributed by atoms with Crippen molar-refractivity contribution in [1.82, 2.24) is 4.90 Å². The molecule has 0 unspecified atom stereocenters. The van der Waals surface area contributed by atoms with Gasteiger partial charge in [-0.15, -0.1) is 0 Å². The van der Waals surface area contributed by atoms with Crippen molar-refractivity contribution in [3.05, 3.63) is 95.6 Å². The fraction of sp³-hybridized carbons (Fsp3) is 0.120. The molecule has 0 atom stereocenters. The quantitative estimate of drug-likeness (QED) is 0.591. The Labute approximate surface area is 184 Å². The summed E-state index contributed by atoms with van der Waals surface area (Å²) >= 11 is 0. The predicted octanol–water partition coefficient (Wildman–Crippen LogP) is 4.79. The zero-order valence-corrected chi connectivity index (χ0v) is 17.2. The van der Waals surface area contributed by atoms with Gasteiger partial charge in [-0.3, -0.25) is 4.90 Å². The number of nitrogens with one attached hydrogen (secondary N) is 1. The van der Waals surface area contributed by atoms with Crippen LogP contribution in [0.1, 0.15) is 27.0 Å². The van der Waals surface area contributed by atoms with Crippen LogP contribution in [0, 0.1) is 0 Å². The lowest BCUT2D eigenvalue weighted by Gasteiger charge is -2.31. The summed E-state index contributed by atoms with van der Waals surface area (Å²) in [5.41, 5.74) is 3.96. The molecule has 7 heteroatoms. The zero-order chi connectivity index (χ0) is 22.1. The van der Waals surface area contributed by atoms with Crippen LogP contribution < -0.4 is 14.8 Å². The number of rotatable bonds is 5. The van der Waals surface area contributed by atoms with Gasteiger partial charge in [0.25, 0.3) is 0 Å². The highest BCUT2D eigenvalue weighted by atomic mass is 16.7. The average Bonchev–Trinajstić information content (AvgIpc) is 3.29. The van der Waals surface area contributed by atoms with Gasteiger partial charge in [0.05, 0.1) is 17.8 Å². The van der Waals surface area contributed by atoms with Gasteiger partial charge in [0.15, 0.2) is 11.5 Å². The Morgan fingerprint density at radius 3 is 2.66 bits per heavy atom. The Morgan fingerprint density at radius 1 is 1.00 bits per heavy atom. The van der Waals surface area contributed by atoms with Crippen molar-refractivity contribution in [3.8, 4) is 11.5 Å². The number of ether oxygens (including phenoxy) is 3. The molecule has 0 aliphatic carbocycles. The third-order valence-corrected chi connectivity index (χ3v) is 5.37. The molecule has 3 aromatic rings. The topological polar surface area (TPSA) is 77.1 Å². The van der Waals surface area contributed by atoms with E-state index in [-0.39, 0.29) is 19.4 Å². The van der Waals surface area contributed by atoms with E-state index in [1.54, 1.807) is 35.2 Å². The van der Waals surface area contributed by atoms with E-state index in [0.717, 1.165) is 11.1 Å². The summed E-state index contributed by atoms with van der Waals surface area (Å²) in [6, 6.07) is 19.8. The molecule has 160 valence electrons. The number of nitrogens with zero attached hydrogens (tertiary/aromatic N) is 1. The van der Waals surface area contributed by atoms with Crippen molar-refractivity contribution in [2.24, 2.45) is 0 Å². The molecular formula is C25H20N2O5. The third kappa shape index (κ3) is 3.76. The molecule has 2 aliphatic rings. The maximum Gasteiger partial charge on any atom is 0.338 e. The SMILES string of the molecule is C=C1c2cc(C(=O)OCc3ccc4c(c3)OCO4)ccc2NC(=O)N1Cc1ccccc1. The number of anilines is 1. The van der Waals surface area contributed by atoms with E-state index in [9.17, 15) is 9.59 Å². The van der Waals surface area contributed by atoms with Crippen LogP contribution in [0.2, 0.25) is 0 Å². The number of benzene rings is 3. The summed E-state index contributed by atoms with van der Waals surface area (Å²) in [5.74, 6) is 0.845. The fourth-order valence-electron chi connectivity index (χ4n) is 3.67. The minimum atomic E-state index is -0.468. The van der Waals surface area contributed by atoms with E-state index in [4.69, 9.17) is 14.2 Å². The first-order valence-electron chi connectivity index (χ1n) is 10.1. The molecule has 2 amide bonds. The number of carbonyl (C=O) groups excluding carboxylic acids is 2. The number of esters is 1. The van der Waals surface area contributed by atoms with Crippen LogP contribution in [0.4, 0.5) is 10.5 Å². The summed E-state index contributed by atoms with van der Waals surface area (Å²) < 4.78 is 16.1. The Morgan fingerprint density at radius 2 is 1.81 bits per heavy atom. The van der Waals surface area contributed by atoms with Gasteiger partial charge in [0.1, 0.15) is 6.61 Å². The first kappa shape index (κ1) is 19.7. The molecule has 3 aromatic carbocycles. The number of carbonyl (C=O) groups is 2. The second-order valence-electron chi connectivity index (χ2n) is 7.47. The molecule has 0 saturated carbocycles. The molecular weight excluding hydrogens is 408 g/mol. The highest BCUT2D eigenvalue weighted by Crippen LogP contribution is 2.34. The van der Waals surface area contributed by atoms with E-state index in [0.29, 0.717) is 40.6 Å². The molecule has 5 rings (SSSR count). The highest BCUT2D eigenvalue weighted by molar-refractivity contribution is 6.04. The van der Waals surface area contributed by atoms with Crippen LogP contribution in [0.25, 0.3) is 5.70 Å². The molecule has 0 aromatic heterocycles. The lowest BCUT2D eigenvalue weighted by Crippen LogP contribution is -2.37. The largest absolute Gasteiger partial charge is 0.457 e. The van der Waals surface area contributed by atoms with Crippen molar-refractivity contribution in [3.63, 3.8) is 0 Å². The second-order valence-corrected chi connectivity index (χ2v) is 7.47. The van der Waals surface area contributed by atoms with Gasteiger partial charge in [-0.1, -0.05) is 43.0 Å². The molecule has 32 heavy (non-hydrogen) atoms. The van der Waals surface area contributed by atoms with Crippen LogP contribution in [0.3, 0.4) is 0 Å². The van der Waals surface area contributed by atoms with Gasteiger partial charge in [0, 0.05) is 11.3 Å². The summed E-state index contributed by atoms with van der Waals surface area (Å²) in [4.78, 5) is 26.8. The lowest BCUT2D eigenvalue weighted by molar-refractivity contribution is 0.0472. The van der Waals surface area contributed by atoms with Crippen LogP contribution in [0.15, 0.2) is 73.3 Å². The third-order valence-electron chi connectivity index (χ3n) is 5.37. The van der Waals surface area contributed by atoms with Crippen molar-refractivity contribution in [2.45, 2.75) is 13.2 Å². The smallest absolute Gasteiger partial charge is 0.338 e. The molecule has 0 bridgehead atoms. The minimum Gasteiger partial charge on any atom is -0.457 e. The summed E-state index contributed by atoms with van der Waals surface area (Å²) in [6.07, 6.45) is 0. The molecule has 7 nitrogen and oxygen atoms in total. The Bertz CT molecular complexity index is 1220. The van der Waals surface area contributed by atoms with Crippen LogP contribution in [-0.4, -0.2) is 23.7 Å². The number of amides is 2. The van der Waals surface area contributed by atoms with Crippen LogP contribution in [-0.2, 0) is 17.9 Å². The Kier molecular flexibility index (Phi) is 4.99. The normalized spacial score (nSPS) is 14.1. The van der Waals surface area contributed by atoms with Crippen LogP contribution in [0.5, 0.6) is 11.5 Å². The first-order valence-corrected chi connectivity index (χ1v) is 10.1. The molecule has 0 saturated heterocycles. The standard InChI is InChI=1S/C25H20N2O5/c1-16-20-12-19(24(28)30-14-18-7-10-22-23(11-18)32-15-31-22)8-9-21(20)26-25(29)27(16)13-17-5-3-2-4-6-17/h2-12H,1,13-15H2,(H,26,29).